The molecule has 2 rings (SSSR count). The molecule has 0 unspecified atom stereocenters. The van der Waals surface area contributed by atoms with Gasteiger partial charge in [0.15, 0.2) is 0 Å². The Hall–Kier alpha value is -1.09. The van der Waals surface area contributed by atoms with Crippen LogP contribution in [0.15, 0.2) is 24.3 Å². The van der Waals surface area contributed by atoms with Crippen LogP contribution in [0.3, 0.4) is 0 Å². The van der Waals surface area contributed by atoms with Gasteiger partial charge in [0.25, 0.3) is 0 Å². The standard InChI is InChI=1S/C10H14BNO5S/c1-18(15,16)12-10(6-7-10)8-2-4-9(5-3-8)17-11(13)14/h2-5,12-14H,6-7H2,1H3. The van der Waals surface area contributed by atoms with Crippen molar-refractivity contribution < 1.29 is 23.1 Å². The fourth-order valence-corrected chi connectivity index (χ4v) is 2.94. The zero-order valence-corrected chi connectivity index (χ0v) is 10.6. The van der Waals surface area contributed by atoms with Gasteiger partial charge in [-0.2, -0.15) is 0 Å². The van der Waals surface area contributed by atoms with Crippen molar-refractivity contribution in [3.05, 3.63) is 29.8 Å². The van der Waals surface area contributed by atoms with Crippen LogP contribution in [0.25, 0.3) is 0 Å². The van der Waals surface area contributed by atoms with E-state index < -0.39 is 22.9 Å². The Kier molecular flexibility index (Phi) is 3.37. The number of benzene rings is 1. The molecule has 0 aromatic heterocycles. The molecule has 1 aliphatic carbocycles. The van der Waals surface area contributed by atoms with Gasteiger partial charge in [0.1, 0.15) is 5.75 Å². The molecular weight excluding hydrogens is 257 g/mol. The summed E-state index contributed by atoms with van der Waals surface area (Å²) >= 11 is 0. The number of hydrogen-bond donors (Lipinski definition) is 3. The Morgan fingerprint density at radius 1 is 1.28 bits per heavy atom. The van der Waals surface area contributed by atoms with Gasteiger partial charge in [-0.25, -0.2) is 13.1 Å². The fraction of sp³-hybridized carbons (Fsp3) is 0.400. The second-order valence-corrected chi connectivity index (χ2v) is 6.17. The summed E-state index contributed by atoms with van der Waals surface area (Å²) in [7, 11) is -5.12. The molecule has 98 valence electrons. The highest BCUT2D eigenvalue weighted by Crippen LogP contribution is 2.46. The van der Waals surface area contributed by atoms with Crippen LogP contribution in [0, 0.1) is 0 Å². The summed E-state index contributed by atoms with van der Waals surface area (Å²) < 4.78 is 29.8. The molecule has 0 saturated heterocycles. The second-order valence-electron chi connectivity index (χ2n) is 4.42. The van der Waals surface area contributed by atoms with E-state index in [0.717, 1.165) is 24.7 Å². The third-order valence-corrected chi connectivity index (χ3v) is 3.54. The summed E-state index contributed by atoms with van der Waals surface area (Å²) in [6, 6.07) is 6.56. The van der Waals surface area contributed by atoms with E-state index in [1.807, 2.05) is 0 Å². The van der Waals surface area contributed by atoms with Crippen molar-refractivity contribution in [1.29, 1.82) is 0 Å². The third kappa shape index (κ3) is 3.23. The van der Waals surface area contributed by atoms with Crippen LogP contribution >= 0.6 is 0 Å². The van der Waals surface area contributed by atoms with Gasteiger partial charge in [0.05, 0.1) is 11.8 Å². The summed E-state index contributed by atoms with van der Waals surface area (Å²) in [5.74, 6) is 0.309. The Labute approximate surface area is 106 Å². The molecule has 8 heteroatoms. The molecule has 1 saturated carbocycles. The van der Waals surface area contributed by atoms with Crippen LogP contribution < -0.4 is 9.38 Å². The number of hydrogen-bond acceptors (Lipinski definition) is 5. The van der Waals surface area contributed by atoms with Gasteiger partial charge in [0, 0.05) is 0 Å². The largest absolute Gasteiger partial charge is 0.707 e. The molecule has 0 bridgehead atoms. The minimum atomic E-state index is -3.26. The molecule has 3 N–H and O–H groups in total. The zero-order chi connectivity index (χ0) is 13.4. The lowest BCUT2D eigenvalue weighted by atomic mass is 10.1. The molecule has 1 aromatic carbocycles. The molecule has 0 heterocycles. The molecule has 0 aliphatic heterocycles. The Morgan fingerprint density at radius 3 is 2.22 bits per heavy atom. The molecule has 1 aliphatic rings. The monoisotopic (exact) mass is 271 g/mol. The minimum Gasteiger partial charge on any atom is -0.512 e. The van der Waals surface area contributed by atoms with Gasteiger partial charge < -0.3 is 14.7 Å². The van der Waals surface area contributed by atoms with E-state index in [9.17, 15) is 8.42 Å². The minimum absolute atomic E-state index is 0.309. The van der Waals surface area contributed by atoms with Crippen molar-refractivity contribution >= 4 is 17.3 Å². The average Bonchev–Trinajstić information content (AvgIpc) is 2.96. The summed E-state index contributed by atoms with van der Waals surface area (Å²) in [5.41, 5.74) is 0.330. The molecule has 1 fully saturated rings. The van der Waals surface area contributed by atoms with E-state index in [4.69, 9.17) is 10.0 Å². The SMILES string of the molecule is CS(=O)(=O)NC1(c2ccc(OB(O)O)cc2)CC1. The molecule has 1 aromatic rings. The van der Waals surface area contributed by atoms with Gasteiger partial charge in [0.2, 0.25) is 10.0 Å². The molecule has 0 radical (unpaired) electrons. The highest BCUT2D eigenvalue weighted by molar-refractivity contribution is 7.88. The van der Waals surface area contributed by atoms with E-state index >= 15 is 0 Å². The van der Waals surface area contributed by atoms with E-state index in [1.54, 1.807) is 24.3 Å². The first kappa shape index (κ1) is 13.3. The zero-order valence-electron chi connectivity index (χ0n) is 9.83. The number of nitrogens with one attached hydrogen (secondary N) is 1. The molecule has 0 spiro atoms. The summed E-state index contributed by atoms with van der Waals surface area (Å²) in [6.45, 7) is 0. The van der Waals surface area contributed by atoms with E-state index in [1.165, 1.54) is 0 Å². The lowest BCUT2D eigenvalue weighted by Gasteiger charge is -2.16. The Balaban J connectivity index is 2.15. The first-order valence-corrected chi connectivity index (χ1v) is 7.32. The summed E-state index contributed by atoms with van der Waals surface area (Å²) in [5, 5.41) is 17.3. The first-order chi connectivity index (χ1) is 8.31. The van der Waals surface area contributed by atoms with Gasteiger partial charge in [-0.3, -0.25) is 0 Å². The van der Waals surface area contributed by atoms with Crippen LogP contribution in [-0.2, 0) is 15.6 Å². The highest BCUT2D eigenvalue weighted by atomic mass is 32.2. The van der Waals surface area contributed by atoms with Gasteiger partial charge >= 0.3 is 7.32 Å². The van der Waals surface area contributed by atoms with Crippen molar-refractivity contribution in [3.8, 4) is 5.75 Å². The summed E-state index contributed by atoms with van der Waals surface area (Å²) in [4.78, 5) is 0. The van der Waals surface area contributed by atoms with Crippen LogP contribution in [0.4, 0.5) is 0 Å². The summed E-state index contributed by atoms with van der Waals surface area (Å²) in [6.07, 6.45) is 2.64. The quantitative estimate of drug-likeness (QED) is 0.632. The predicted molar refractivity (Wildman–Crippen MR) is 66.2 cm³/mol. The molecule has 0 amide bonds. The van der Waals surface area contributed by atoms with Crippen molar-refractivity contribution in [2.75, 3.05) is 6.26 Å². The van der Waals surface area contributed by atoms with Crippen molar-refractivity contribution in [2.24, 2.45) is 0 Å². The van der Waals surface area contributed by atoms with Crippen molar-refractivity contribution in [1.82, 2.24) is 4.72 Å². The van der Waals surface area contributed by atoms with E-state index in [2.05, 4.69) is 9.38 Å². The average molecular weight is 271 g/mol. The predicted octanol–water partition coefficient (Wildman–Crippen LogP) is -0.427. The molecule has 18 heavy (non-hydrogen) atoms. The van der Waals surface area contributed by atoms with Gasteiger partial charge in [-0.15, -0.1) is 0 Å². The van der Waals surface area contributed by atoms with Crippen molar-refractivity contribution in [2.45, 2.75) is 18.4 Å². The molecule has 6 nitrogen and oxygen atoms in total. The maximum atomic E-state index is 11.3. The lowest BCUT2D eigenvalue weighted by Crippen LogP contribution is -2.33. The van der Waals surface area contributed by atoms with E-state index in [-0.39, 0.29) is 0 Å². The van der Waals surface area contributed by atoms with Crippen LogP contribution in [0.5, 0.6) is 5.75 Å². The van der Waals surface area contributed by atoms with Crippen molar-refractivity contribution in [3.63, 3.8) is 0 Å². The Morgan fingerprint density at radius 2 is 1.83 bits per heavy atom. The van der Waals surface area contributed by atoms with Crippen LogP contribution in [-0.4, -0.2) is 32.0 Å². The maximum Gasteiger partial charge on any atom is 0.707 e. The lowest BCUT2D eigenvalue weighted by molar-refractivity contribution is 0.288. The molecule has 0 atom stereocenters. The normalized spacial score (nSPS) is 17.3. The topological polar surface area (TPSA) is 95.9 Å². The highest BCUT2D eigenvalue weighted by Gasteiger charge is 2.46. The number of rotatable bonds is 5. The van der Waals surface area contributed by atoms with E-state index in [0.29, 0.717) is 5.75 Å². The van der Waals surface area contributed by atoms with Gasteiger partial charge in [-0.05, 0) is 30.5 Å². The fourth-order valence-electron chi connectivity index (χ4n) is 1.90. The Bertz CT molecular complexity index is 524. The second kappa shape index (κ2) is 4.54. The maximum absolute atomic E-state index is 11.3. The van der Waals surface area contributed by atoms with Gasteiger partial charge in [-0.1, -0.05) is 12.1 Å². The molecular formula is C10H14BNO5S. The third-order valence-electron chi connectivity index (χ3n) is 2.78. The first-order valence-electron chi connectivity index (χ1n) is 5.43. The smallest absolute Gasteiger partial charge is 0.512 e. The number of sulfonamides is 1. The van der Waals surface area contributed by atoms with Crippen LogP contribution in [0.2, 0.25) is 0 Å². The van der Waals surface area contributed by atoms with Crippen LogP contribution in [0.1, 0.15) is 18.4 Å².